The van der Waals surface area contributed by atoms with Crippen molar-refractivity contribution in [2.75, 3.05) is 19.3 Å². The highest BCUT2D eigenvalue weighted by atomic mass is 35.5. The molecule has 2 aromatic rings. The van der Waals surface area contributed by atoms with Crippen molar-refractivity contribution in [2.45, 2.75) is 6.42 Å². The topological polar surface area (TPSA) is 72.1 Å². The summed E-state index contributed by atoms with van der Waals surface area (Å²) in [7, 11) is 1.73. The first-order valence-electron chi connectivity index (χ1n) is 6.13. The van der Waals surface area contributed by atoms with Gasteiger partial charge >= 0.3 is 0 Å². The first-order valence-corrected chi connectivity index (χ1v) is 6.51. The molecule has 0 saturated carbocycles. The van der Waals surface area contributed by atoms with Crippen molar-refractivity contribution in [3.05, 3.63) is 53.1 Å². The maximum atomic E-state index is 12.3. The van der Waals surface area contributed by atoms with Crippen LogP contribution in [0.15, 0.2) is 36.8 Å². The second-order valence-electron chi connectivity index (χ2n) is 4.43. The number of nitrogens with two attached hydrogens (primary N) is 1. The van der Waals surface area contributed by atoms with E-state index < -0.39 is 0 Å². The fourth-order valence-corrected chi connectivity index (χ4v) is 1.94. The van der Waals surface area contributed by atoms with E-state index in [1.54, 1.807) is 24.3 Å². The minimum Gasteiger partial charge on any atom is -0.397 e. The molecular formula is C14H15ClN4O. The number of rotatable bonds is 4. The van der Waals surface area contributed by atoms with E-state index in [-0.39, 0.29) is 11.1 Å². The SMILES string of the molecule is CN(CCc1ccncc1)C(=O)c1cc(Cl)ncc1N. The molecule has 0 bridgehead atoms. The lowest BCUT2D eigenvalue weighted by Gasteiger charge is -2.18. The first-order chi connectivity index (χ1) is 9.58. The fraction of sp³-hybridized carbons (Fsp3) is 0.214. The maximum Gasteiger partial charge on any atom is 0.255 e. The van der Waals surface area contributed by atoms with Gasteiger partial charge < -0.3 is 10.6 Å². The summed E-state index contributed by atoms with van der Waals surface area (Å²) < 4.78 is 0. The van der Waals surface area contributed by atoms with Crippen molar-refractivity contribution in [1.29, 1.82) is 0 Å². The Balaban J connectivity index is 2.03. The van der Waals surface area contributed by atoms with Gasteiger partial charge in [-0.15, -0.1) is 0 Å². The Morgan fingerprint density at radius 3 is 2.80 bits per heavy atom. The van der Waals surface area contributed by atoms with Crippen molar-refractivity contribution in [3.8, 4) is 0 Å². The van der Waals surface area contributed by atoms with E-state index >= 15 is 0 Å². The number of anilines is 1. The van der Waals surface area contributed by atoms with Gasteiger partial charge in [0, 0.05) is 26.0 Å². The van der Waals surface area contributed by atoms with Gasteiger partial charge in [-0.05, 0) is 30.2 Å². The molecule has 0 radical (unpaired) electrons. The monoisotopic (exact) mass is 290 g/mol. The van der Waals surface area contributed by atoms with Gasteiger partial charge in [-0.3, -0.25) is 9.78 Å². The van der Waals surface area contributed by atoms with Crippen molar-refractivity contribution >= 4 is 23.2 Å². The summed E-state index contributed by atoms with van der Waals surface area (Å²) in [6.07, 6.45) is 5.62. The average molecular weight is 291 g/mol. The van der Waals surface area contributed by atoms with E-state index in [0.717, 1.165) is 12.0 Å². The van der Waals surface area contributed by atoms with Crippen molar-refractivity contribution in [3.63, 3.8) is 0 Å². The van der Waals surface area contributed by atoms with Crippen LogP contribution in [-0.2, 0) is 6.42 Å². The van der Waals surface area contributed by atoms with Crippen LogP contribution in [0.25, 0.3) is 0 Å². The Morgan fingerprint density at radius 2 is 2.10 bits per heavy atom. The molecular weight excluding hydrogens is 276 g/mol. The smallest absolute Gasteiger partial charge is 0.255 e. The zero-order valence-corrected chi connectivity index (χ0v) is 11.8. The number of aromatic nitrogens is 2. The van der Waals surface area contributed by atoms with Gasteiger partial charge in [0.25, 0.3) is 5.91 Å². The van der Waals surface area contributed by atoms with Crippen LogP contribution in [0.2, 0.25) is 5.15 Å². The van der Waals surface area contributed by atoms with Gasteiger partial charge in [-0.2, -0.15) is 0 Å². The lowest BCUT2D eigenvalue weighted by atomic mass is 10.1. The van der Waals surface area contributed by atoms with Crippen LogP contribution in [0.3, 0.4) is 0 Å². The summed E-state index contributed by atoms with van der Waals surface area (Å²) in [5.74, 6) is -0.166. The molecule has 1 amide bonds. The molecule has 0 atom stereocenters. The second-order valence-corrected chi connectivity index (χ2v) is 4.81. The molecule has 104 valence electrons. The summed E-state index contributed by atoms with van der Waals surface area (Å²) in [6.45, 7) is 0.586. The zero-order chi connectivity index (χ0) is 14.5. The molecule has 2 heterocycles. The average Bonchev–Trinajstić information content (AvgIpc) is 2.47. The summed E-state index contributed by atoms with van der Waals surface area (Å²) >= 11 is 5.79. The molecule has 0 saturated heterocycles. The Kier molecular flexibility index (Phi) is 4.53. The molecule has 2 aromatic heterocycles. The standard InChI is InChI=1S/C14H15ClN4O/c1-19(7-4-10-2-5-17-6-3-10)14(20)11-8-13(15)18-9-12(11)16/h2-3,5-6,8-9H,4,7,16H2,1H3. The van der Waals surface area contributed by atoms with E-state index in [1.807, 2.05) is 12.1 Å². The first kappa shape index (κ1) is 14.3. The highest BCUT2D eigenvalue weighted by Crippen LogP contribution is 2.16. The number of hydrogen-bond acceptors (Lipinski definition) is 4. The Bertz CT molecular complexity index is 603. The molecule has 2 N–H and O–H groups in total. The molecule has 0 aliphatic heterocycles. The molecule has 0 fully saturated rings. The Hall–Kier alpha value is -2.14. The van der Waals surface area contributed by atoms with Gasteiger partial charge in [-0.25, -0.2) is 4.98 Å². The minimum atomic E-state index is -0.166. The third-order valence-electron chi connectivity index (χ3n) is 2.96. The van der Waals surface area contributed by atoms with E-state index in [9.17, 15) is 4.79 Å². The number of hydrogen-bond donors (Lipinski definition) is 1. The van der Waals surface area contributed by atoms with Crippen LogP contribution in [0.4, 0.5) is 5.69 Å². The van der Waals surface area contributed by atoms with E-state index in [0.29, 0.717) is 17.8 Å². The van der Waals surface area contributed by atoms with Gasteiger partial charge in [0.15, 0.2) is 0 Å². The van der Waals surface area contributed by atoms with Gasteiger partial charge in [0.05, 0.1) is 17.4 Å². The summed E-state index contributed by atoms with van der Waals surface area (Å²) in [5.41, 5.74) is 7.59. The normalized spacial score (nSPS) is 10.3. The summed E-state index contributed by atoms with van der Waals surface area (Å²) in [6, 6.07) is 5.34. The van der Waals surface area contributed by atoms with Gasteiger partial charge in [0.2, 0.25) is 0 Å². The molecule has 2 rings (SSSR count). The van der Waals surface area contributed by atoms with E-state index in [2.05, 4.69) is 9.97 Å². The Labute approximate surface area is 122 Å². The minimum absolute atomic E-state index is 0.166. The summed E-state index contributed by atoms with van der Waals surface area (Å²) in [4.78, 5) is 21.7. The van der Waals surface area contributed by atoms with Crippen LogP contribution < -0.4 is 5.73 Å². The van der Waals surface area contributed by atoms with Crippen LogP contribution in [-0.4, -0.2) is 34.4 Å². The van der Waals surface area contributed by atoms with Gasteiger partial charge in [0.1, 0.15) is 5.15 Å². The highest BCUT2D eigenvalue weighted by Gasteiger charge is 2.15. The predicted molar refractivity (Wildman–Crippen MR) is 78.6 cm³/mol. The summed E-state index contributed by atoms with van der Waals surface area (Å²) in [5, 5.41) is 0.255. The fourth-order valence-electron chi connectivity index (χ4n) is 1.78. The van der Waals surface area contributed by atoms with Crippen LogP contribution in [0.5, 0.6) is 0 Å². The number of likely N-dealkylation sites (N-methyl/N-ethyl adjacent to an activating group) is 1. The third kappa shape index (κ3) is 3.45. The number of nitrogens with zero attached hydrogens (tertiary/aromatic N) is 3. The molecule has 0 aliphatic rings. The molecule has 0 unspecified atom stereocenters. The van der Waals surface area contributed by atoms with E-state index in [1.165, 1.54) is 12.3 Å². The number of carbonyl (C=O) groups excluding carboxylic acids is 1. The molecule has 5 nitrogen and oxygen atoms in total. The Morgan fingerprint density at radius 1 is 1.40 bits per heavy atom. The zero-order valence-electron chi connectivity index (χ0n) is 11.1. The van der Waals surface area contributed by atoms with Crippen molar-refractivity contribution in [2.24, 2.45) is 0 Å². The molecule has 6 heteroatoms. The number of carbonyl (C=O) groups is 1. The number of amides is 1. The van der Waals surface area contributed by atoms with Gasteiger partial charge in [-0.1, -0.05) is 11.6 Å². The quantitative estimate of drug-likeness (QED) is 0.875. The lowest BCUT2D eigenvalue weighted by molar-refractivity contribution is 0.0797. The largest absolute Gasteiger partial charge is 0.397 e. The third-order valence-corrected chi connectivity index (χ3v) is 3.17. The maximum absolute atomic E-state index is 12.3. The number of nitrogen functional groups attached to an aromatic ring is 1. The number of halogens is 1. The second kappa shape index (κ2) is 6.34. The highest BCUT2D eigenvalue weighted by molar-refractivity contribution is 6.29. The lowest BCUT2D eigenvalue weighted by Crippen LogP contribution is -2.29. The van der Waals surface area contributed by atoms with Crippen molar-refractivity contribution in [1.82, 2.24) is 14.9 Å². The predicted octanol–water partition coefficient (Wildman–Crippen LogP) is 2.03. The molecule has 20 heavy (non-hydrogen) atoms. The van der Waals surface area contributed by atoms with Crippen LogP contribution >= 0.6 is 11.6 Å². The van der Waals surface area contributed by atoms with Crippen molar-refractivity contribution < 1.29 is 4.79 Å². The van der Waals surface area contributed by atoms with E-state index in [4.69, 9.17) is 17.3 Å². The molecule has 0 aliphatic carbocycles. The van der Waals surface area contributed by atoms with Crippen LogP contribution in [0.1, 0.15) is 15.9 Å². The number of pyridine rings is 2. The molecule has 0 aromatic carbocycles. The molecule has 0 spiro atoms. The van der Waals surface area contributed by atoms with Crippen LogP contribution in [0, 0.1) is 0 Å².